The summed E-state index contributed by atoms with van der Waals surface area (Å²) in [7, 11) is -0.0685. The molecule has 1 aromatic carbocycles. The summed E-state index contributed by atoms with van der Waals surface area (Å²) in [4.78, 5) is 10.9. The van der Waals surface area contributed by atoms with Gasteiger partial charge in [-0.05, 0) is 24.3 Å². The van der Waals surface area contributed by atoms with Crippen LogP contribution in [0.3, 0.4) is 0 Å². The molecule has 2 amide bonds. The first-order valence-electron chi connectivity index (χ1n) is 3.75. The number of hydrogen-bond acceptors (Lipinski definition) is 3. The molecule has 3 N–H and O–H groups in total. The van der Waals surface area contributed by atoms with E-state index in [0.29, 0.717) is 10.6 Å². The lowest BCUT2D eigenvalue weighted by Crippen LogP contribution is -2.30. The monoisotopic (exact) mass is 214 g/mol. The van der Waals surface area contributed by atoms with Crippen molar-refractivity contribution in [2.24, 2.45) is 5.73 Å². The summed E-state index contributed by atoms with van der Waals surface area (Å²) < 4.78 is 18.3. The maximum Gasteiger partial charge on any atom is 0.324 e. The van der Waals surface area contributed by atoms with Crippen molar-refractivity contribution in [2.75, 3.05) is 7.11 Å². The Hall–Kier alpha value is -1.56. The van der Waals surface area contributed by atoms with E-state index >= 15 is 0 Å². The number of methoxy groups -OCH3 is 1. The molecule has 0 aliphatic rings. The lowest BCUT2D eigenvalue weighted by atomic mass is 10.3. The van der Waals surface area contributed by atoms with Gasteiger partial charge in [-0.15, -0.1) is 0 Å². The first kappa shape index (κ1) is 10.5. The number of primary amides is 1. The van der Waals surface area contributed by atoms with Gasteiger partial charge in [0.1, 0.15) is 5.75 Å². The Bertz CT molecular complexity index is 350. The molecule has 1 unspecified atom stereocenters. The fraction of sp³-hybridized carbons (Fsp3) is 0.125. The molecule has 0 radical (unpaired) electrons. The van der Waals surface area contributed by atoms with Crippen molar-refractivity contribution >= 4 is 17.0 Å². The summed E-state index contributed by atoms with van der Waals surface area (Å²) in [5.74, 6) is 0.657. The molecule has 1 rings (SSSR count). The maximum atomic E-state index is 11.3. The van der Waals surface area contributed by atoms with Crippen molar-refractivity contribution in [3.8, 4) is 5.75 Å². The molecule has 1 aromatic rings. The van der Waals surface area contributed by atoms with Gasteiger partial charge < -0.3 is 10.5 Å². The third-order valence-electron chi connectivity index (χ3n) is 1.47. The smallest absolute Gasteiger partial charge is 0.324 e. The van der Waals surface area contributed by atoms with Crippen molar-refractivity contribution in [2.45, 2.75) is 4.90 Å². The predicted molar refractivity (Wildman–Crippen MR) is 52.1 cm³/mol. The third kappa shape index (κ3) is 2.74. The molecule has 6 heteroatoms. The maximum absolute atomic E-state index is 11.3. The second kappa shape index (κ2) is 4.61. The van der Waals surface area contributed by atoms with E-state index in [2.05, 4.69) is 4.72 Å². The van der Waals surface area contributed by atoms with E-state index in [9.17, 15) is 9.00 Å². The Morgan fingerprint density at radius 2 is 2.00 bits per heavy atom. The quantitative estimate of drug-likeness (QED) is 0.763. The normalized spacial score (nSPS) is 11.8. The molecule has 0 aliphatic carbocycles. The molecule has 5 nitrogen and oxygen atoms in total. The fourth-order valence-electron chi connectivity index (χ4n) is 0.850. The molecule has 0 heterocycles. The molecule has 0 aliphatic heterocycles. The summed E-state index contributed by atoms with van der Waals surface area (Å²) >= 11 is 0. The van der Waals surface area contributed by atoms with Crippen molar-refractivity contribution in [1.29, 1.82) is 0 Å². The topological polar surface area (TPSA) is 81.4 Å². The van der Waals surface area contributed by atoms with E-state index in [4.69, 9.17) is 10.5 Å². The van der Waals surface area contributed by atoms with Crippen LogP contribution in [-0.4, -0.2) is 17.3 Å². The molecule has 0 fully saturated rings. The van der Waals surface area contributed by atoms with Gasteiger partial charge >= 0.3 is 6.03 Å². The van der Waals surface area contributed by atoms with Crippen molar-refractivity contribution in [3.05, 3.63) is 24.3 Å². The summed E-state index contributed by atoms with van der Waals surface area (Å²) in [6, 6.07) is 5.65. The van der Waals surface area contributed by atoms with Crippen LogP contribution < -0.4 is 15.2 Å². The van der Waals surface area contributed by atoms with Gasteiger partial charge in [0.05, 0.1) is 12.0 Å². The minimum absolute atomic E-state index is 0.463. The molecule has 0 bridgehead atoms. The predicted octanol–water partition coefficient (Wildman–Crippen LogP) is 0.386. The number of ether oxygens (including phenoxy) is 1. The largest absolute Gasteiger partial charge is 0.497 e. The molecule has 1 atom stereocenters. The van der Waals surface area contributed by atoms with Crippen molar-refractivity contribution < 1.29 is 13.7 Å². The Morgan fingerprint density at radius 1 is 1.43 bits per heavy atom. The van der Waals surface area contributed by atoms with Crippen molar-refractivity contribution in [3.63, 3.8) is 0 Å². The number of carbonyl (C=O) groups is 1. The van der Waals surface area contributed by atoms with Gasteiger partial charge in [-0.3, -0.25) is 4.72 Å². The van der Waals surface area contributed by atoms with Crippen LogP contribution in [0.1, 0.15) is 0 Å². The zero-order valence-electron chi connectivity index (χ0n) is 7.52. The fourth-order valence-corrected chi connectivity index (χ4v) is 1.53. The lowest BCUT2D eigenvalue weighted by Gasteiger charge is -2.03. The second-order valence-corrected chi connectivity index (χ2v) is 3.62. The number of rotatable bonds is 3. The molecule has 0 saturated heterocycles. The lowest BCUT2D eigenvalue weighted by molar-refractivity contribution is 0.254. The van der Waals surface area contributed by atoms with E-state index in [1.165, 1.54) is 7.11 Å². The minimum atomic E-state index is -1.60. The third-order valence-corrected chi connectivity index (χ3v) is 2.55. The van der Waals surface area contributed by atoms with Crippen LogP contribution in [0.5, 0.6) is 5.75 Å². The molecule has 76 valence electrons. The second-order valence-electron chi connectivity index (χ2n) is 2.41. The number of urea groups is 1. The summed E-state index contributed by atoms with van der Waals surface area (Å²) in [6.45, 7) is 0. The first-order valence-corrected chi connectivity index (χ1v) is 4.90. The number of carbonyl (C=O) groups excluding carboxylic acids is 1. The Morgan fingerprint density at radius 3 is 2.43 bits per heavy atom. The van der Waals surface area contributed by atoms with Gasteiger partial charge in [-0.25, -0.2) is 9.00 Å². The van der Waals surface area contributed by atoms with E-state index in [0.717, 1.165) is 0 Å². The zero-order valence-corrected chi connectivity index (χ0v) is 8.34. The first-order chi connectivity index (χ1) is 6.63. The van der Waals surface area contributed by atoms with E-state index in [1.54, 1.807) is 24.3 Å². The number of nitrogens with two attached hydrogens (primary N) is 1. The molecule has 0 saturated carbocycles. The number of amides is 2. The van der Waals surface area contributed by atoms with E-state index in [1.807, 2.05) is 0 Å². The molecule has 0 spiro atoms. The number of nitrogens with one attached hydrogen (secondary N) is 1. The summed E-state index contributed by atoms with van der Waals surface area (Å²) in [5.41, 5.74) is 4.82. The SMILES string of the molecule is COc1ccc(S(=O)NC(N)=O)cc1. The average molecular weight is 214 g/mol. The van der Waals surface area contributed by atoms with Crippen LogP contribution in [0.2, 0.25) is 0 Å². The highest BCUT2D eigenvalue weighted by molar-refractivity contribution is 7.83. The Balaban J connectivity index is 2.76. The van der Waals surface area contributed by atoms with Crippen LogP contribution in [0, 0.1) is 0 Å². The van der Waals surface area contributed by atoms with Crippen LogP contribution in [0.4, 0.5) is 4.79 Å². The molecular weight excluding hydrogens is 204 g/mol. The summed E-state index contributed by atoms with van der Waals surface area (Å²) in [6.07, 6.45) is 0. The van der Waals surface area contributed by atoms with Gasteiger partial charge in [0.25, 0.3) is 0 Å². The zero-order chi connectivity index (χ0) is 10.6. The number of hydrogen-bond donors (Lipinski definition) is 2. The van der Waals surface area contributed by atoms with Gasteiger partial charge in [-0.2, -0.15) is 0 Å². The van der Waals surface area contributed by atoms with Crippen LogP contribution in [-0.2, 0) is 11.0 Å². The van der Waals surface area contributed by atoms with Gasteiger partial charge in [0.2, 0.25) is 0 Å². The van der Waals surface area contributed by atoms with E-state index in [-0.39, 0.29) is 0 Å². The Kier molecular flexibility index (Phi) is 3.47. The highest BCUT2D eigenvalue weighted by atomic mass is 32.2. The van der Waals surface area contributed by atoms with Gasteiger partial charge in [0, 0.05) is 0 Å². The van der Waals surface area contributed by atoms with Gasteiger partial charge in [0.15, 0.2) is 11.0 Å². The van der Waals surface area contributed by atoms with Crippen LogP contribution in [0.25, 0.3) is 0 Å². The van der Waals surface area contributed by atoms with E-state index < -0.39 is 17.0 Å². The number of benzene rings is 1. The highest BCUT2D eigenvalue weighted by Gasteiger charge is 2.04. The van der Waals surface area contributed by atoms with Crippen LogP contribution >= 0.6 is 0 Å². The average Bonchev–Trinajstić information content (AvgIpc) is 2.17. The minimum Gasteiger partial charge on any atom is -0.497 e. The standard InChI is InChI=1S/C8H10N2O3S/c1-13-6-2-4-7(5-3-6)14(12)10-8(9)11/h2-5H,1H3,(H3,9,10,11). The Labute approximate surface area is 83.8 Å². The molecule has 0 aromatic heterocycles. The molecular formula is C8H10N2O3S. The highest BCUT2D eigenvalue weighted by Crippen LogP contribution is 2.12. The van der Waals surface area contributed by atoms with Gasteiger partial charge in [-0.1, -0.05) is 0 Å². The summed E-state index contributed by atoms with van der Waals surface area (Å²) in [5, 5.41) is 0. The van der Waals surface area contributed by atoms with Crippen LogP contribution in [0.15, 0.2) is 29.2 Å². The van der Waals surface area contributed by atoms with Crippen molar-refractivity contribution in [1.82, 2.24) is 4.72 Å². The molecule has 14 heavy (non-hydrogen) atoms.